The quantitative estimate of drug-likeness (QED) is 0.337. The van der Waals surface area contributed by atoms with Gasteiger partial charge in [0.2, 0.25) is 0 Å². The van der Waals surface area contributed by atoms with E-state index in [2.05, 4.69) is 29.2 Å². The highest BCUT2D eigenvalue weighted by atomic mass is 32.2. The largest absolute Gasteiger partial charge is 0.488 e. The summed E-state index contributed by atoms with van der Waals surface area (Å²) in [5, 5.41) is 0. The third kappa shape index (κ3) is 6.36. The van der Waals surface area contributed by atoms with Gasteiger partial charge in [-0.2, -0.15) is 0 Å². The van der Waals surface area contributed by atoms with E-state index in [1.54, 1.807) is 6.26 Å². The minimum absolute atomic E-state index is 0. The van der Waals surface area contributed by atoms with Crippen LogP contribution >= 0.6 is 0 Å². The van der Waals surface area contributed by atoms with Crippen molar-refractivity contribution >= 4 is 10.8 Å². The van der Waals surface area contributed by atoms with Crippen LogP contribution in [0.5, 0.6) is 17.2 Å². The van der Waals surface area contributed by atoms with Crippen LogP contribution in [0.3, 0.4) is 0 Å². The van der Waals surface area contributed by atoms with E-state index in [0.29, 0.717) is 0 Å². The van der Waals surface area contributed by atoms with Gasteiger partial charge in [0.1, 0.15) is 23.4 Å². The Morgan fingerprint density at radius 1 is 0.743 bits per heavy atom. The van der Waals surface area contributed by atoms with Gasteiger partial charge in [-0.15, -0.1) is 0 Å². The molecule has 0 aliphatic carbocycles. The molecule has 5 rings (SSSR count). The van der Waals surface area contributed by atoms with Crippen molar-refractivity contribution in [2.45, 2.75) is 17.5 Å². The number of hydrogen-bond acceptors (Lipinski definition) is 4. The summed E-state index contributed by atoms with van der Waals surface area (Å²) in [6.45, 7) is 2.74. The first kappa shape index (κ1) is 24.7. The fraction of sp³-hybridized carbons (Fsp3) is 0.172. The van der Waals surface area contributed by atoms with Crippen LogP contribution in [0, 0.1) is 0 Å². The van der Waals surface area contributed by atoms with Crippen LogP contribution in [-0.2, 0) is 17.3 Å². The summed E-state index contributed by atoms with van der Waals surface area (Å²) in [6.07, 6.45) is 1.91. The van der Waals surface area contributed by atoms with Crippen molar-refractivity contribution < 1.29 is 19.2 Å². The molecule has 35 heavy (non-hydrogen) atoms. The predicted molar refractivity (Wildman–Crippen MR) is 140 cm³/mol. The zero-order valence-electron chi connectivity index (χ0n) is 19.6. The predicted octanol–water partition coefficient (Wildman–Crippen LogP) is 5.32. The zero-order chi connectivity index (χ0) is 23.3. The lowest BCUT2D eigenvalue weighted by Gasteiger charge is -2.39. The standard InChI is InChI=1S/C29H27NO3S.H2O/c1-34(31)29-17-11-24(12-18-29)23-9-15-27(16-10-23)33-28-20-30(21-28)19-22-7-13-26(14-8-22)32-25-5-3-2-4-6-25;/h2-18,28H,19-21H2,1H3;1H2. The van der Waals surface area contributed by atoms with Gasteiger partial charge in [-0.05, 0) is 65.2 Å². The van der Waals surface area contributed by atoms with Gasteiger partial charge in [0.15, 0.2) is 0 Å². The molecule has 1 unspecified atom stereocenters. The van der Waals surface area contributed by atoms with E-state index in [1.807, 2.05) is 78.9 Å². The number of para-hydroxylation sites is 1. The maximum atomic E-state index is 11.6. The first-order valence-electron chi connectivity index (χ1n) is 11.4. The molecule has 1 aliphatic rings. The molecule has 1 atom stereocenters. The minimum atomic E-state index is -0.954. The zero-order valence-corrected chi connectivity index (χ0v) is 20.4. The van der Waals surface area contributed by atoms with E-state index in [4.69, 9.17) is 9.47 Å². The number of hydrogen-bond donors (Lipinski definition) is 0. The normalized spacial score (nSPS) is 14.4. The monoisotopic (exact) mass is 487 g/mol. The third-order valence-electron chi connectivity index (χ3n) is 5.91. The average molecular weight is 488 g/mol. The van der Waals surface area contributed by atoms with Gasteiger partial charge in [-0.3, -0.25) is 9.11 Å². The van der Waals surface area contributed by atoms with Gasteiger partial charge in [-0.1, -0.05) is 54.6 Å². The van der Waals surface area contributed by atoms with Crippen LogP contribution in [0.2, 0.25) is 0 Å². The summed E-state index contributed by atoms with van der Waals surface area (Å²) >= 11 is 0. The Labute approximate surface area is 208 Å². The summed E-state index contributed by atoms with van der Waals surface area (Å²) in [4.78, 5) is 3.22. The Hall–Kier alpha value is -3.45. The molecule has 2 N–H and O–H groups in total. The summed E-state index contributed by atoms with van der Waals surface area (Å²) in [6, 6.07) is 34.2. The van der Waals surface area contributed by atoms with Crippen molar-refractivity contribution in [1.29, 1.82) is 0 Å². The second-order valence-corrected chi connectivity index (χ2v) is 9.88. The lowest BCUT2D eigenvalue weighted by atomic mass is 10.1. The summed E-state index contributed by atoms with van der Waals surface area (Å²) in [5.74, 6) is 2.58. The average Bonchev–Trinajstić information content (AvgIpc) is 2.85. The highest BCUT2D eigenvalue weighted by molar-refractivity contribution is 7.84. The Morgan fingerprint density at radius 2 is 1.29 bits per heavy atom. The van der Waals surface area contributed by atoms with Gasteiger partial charge in [-0.25, -0.2) is 0 Å². The van der Waals surface area contributed by atoms with Crippen LogP contribution in [0.25, 0.3) is 11.1 Å². The highest BCUT2D eigenvalue weighted by Crippen LogP contribution is 2.26. The molecule has 0 radical (unpaired) electrons. The number of ether oxygens (including phenoxy) is 2. The van der Waals surface area contributed by atoms with Crippen LogP contribution in [0.15, 0.2) is 108 Å². The van der Waals surface area contributed by atoms with Crippen molar-refractivity contribution in [3.63, 3.8) is 0 Å². The molecule has 0 spiro atoms. The van der Waals surface area contributed by atoms with E-state index in [1.165, 1.54) is 5.56 Å². The van der Waals surface area contributed by atoms with E-state index in [-0.39, 0.29) is 11.6 Å². The SMILES string of the molecule is CS(=O)c1ccc(-c2ccc(OC3CN(Cc4ccc(Oc5ccccc5)cc4)C3)cc2)cc1.O. The molecule has 6 heteroatoms. The molecule has 0 bridgehead atoms. The van der Waals surface area contributed by atoms with Gasteiger partial charge in [0.05, 0.1) is 0 Å². The topological polar surface area (TPSA) is 70.3 Å². The van der Waals surface area contributed by atoms with Crippen molar-refractivity contribution in [2.24, 2.45) is 0 Å². The van der Waals surface area contributed by atoms with Gasteiger partial charge >= 0.3 is 0 Å². The molecule has 0 amide bonds. The maximum Gasteiger partial charge on any atom is 0.127 e. The molecule has 1 heterocycles. The molecule has 0 saturated carbocycles. The van der Waals surface area contributed by atoms with E-state index in [9.17, 15) is 4.21 Å². The minimum Gasteiger partial charge on any atom is -0.488 e. The van der Waals surface area contributed by atoms with E-state index >= 15 is 0 Å². The molecule has 4 aromatic carbocycles. The molecular formula is C29H29NO4S. The van der Waals surface area contributed by atoms with Crippen molar-refractivity contribution in [3.05, 3.63) is 109 Å². The van der Waals surface area contributed by atoms with Crippen LogP contribution in [0.1, 0.15) is 5.56 Å². The lowest BCUT2D eigenvalue weighted by Crippen LogP contribution is -2.53. The molecule has 0 aromatic heterocycles. The first-order valence-corrected chi connectivity index (χ1v) is 12.9. The molecule has 1 fully saturated rings. The van der Waals surface area contributed by atoms with Crippen LogP contribution in [-0.4, -0.2) is 40.0 Å². The van der Waals surface area contributed by atoms with E-state index in [0.717, 1.165) is 52.9 Å². The fourth-order valence-electron chi connectivity index (χ4n) is 4.03. The Kier molecular flexibility index (Phi) is 7.98. The van der Waals surface area contributed by atoms with Crippen LogP contribution in [0.4, 0.5) is 0 Å². The number of benzene rings is 4. The van der Waals surface area contributed by atoms with Crippen molar-refractivity contribution in [2.75, 3.05) is 19.3 Å². The van der Waals surface area contributed by atoms with Gasteiger partial charge in [0.25, 0.3) is 0 Å². The van der Waals surface area contributed by atoms with Crippen molar-refractivity contribution in [1.82, 2.24) is 4.90 Å². The van der Waals surface area contributed by atoms with Crippen molar-refractivity contribution in [3.8, 4) is 28.4 Å². The number of rotatable bonds is 8. The lowest BCUT2D eigenvalue weighted by molar-refractivity contribution is 0.0146. The second-order valence-electron chi connectivity index (χ2n) is 8.50. The molecule has 180 valence electrons. The number of nitrogens with zero attached hydrogens (tertiary/aromatic N) is 1. The second kappa shape index (κ2) is 11.3. The molecule has 4 aromatic rings. The maximum absolute atomic E-state index is 11.6. The first-order chi connectivity index (χ1) is 16.6. The molecule has 1 saturated heterocycles. The molecule has 5 nitrogen and oxygen atoms in total. The van der Waals surface area contributed by atoms with Crippen LogP contribution < -0.4 is 9.47 Å². The molecule has 1 aliphatic heterocycles. The van der Waals surface area contributed by atoms with E-state index < -0.39 is 10.8 Å². The van der Waals surface area contributed by atoms with Gasteiger partial charge < -0.3 is 14.9 Å². The number of likely N-dealkylation sites (tertiary alicyclic amines) is 1. The summed E-state index contributed by atoms with van der Waals surface area (Å²) in [5.41, 5.74) is 3.49. The highest BCUT2D eigenvalue weighted by Gasteiger charge is 2.28. The molecular weight excluding hydrogens is 458 g/mol. The Morgan fingerprint density at radius 3 is 1.89 bits per heavy atom. The summed E-state index contributed by atoms with van der Waals surface area (Å²) < 4.78 is 23.6. The Bertz CT molecular complexity index is 1240. The smallest absolute Gasteiger partial charge is 0.127 e. The Balaban J connectivity index is 0.00000289. The fourth-order valence-corrected chi connectivity index (χ4v) is 4.55. The third-order valence-corrected chi connectivity index (χ3v) is 6.84. The van der Waals surface area contributed by atoms with Gasteiger partial charge in [0, 0.05) is 41.6 Å². The summed E-state index contributed by atoms with van der Waals surface area (Å²) in [7, 11) is -0.954.